The van der Waals surface area contributed by atoms with Crippen LogP contribution in [-0.2, 0) is 16.0 Å². The van der Waals surface area contributed by atoms with Gasteiger partial charge < -0.3 is 4.90 Å². The van der Waals surface area contributed by atoms with Crippen molar-refractivity contribution in [2.24, 2.45) is 5.92 Å². The molecule has 2 rings (SSSR count). The number of aryl methyl sites for hydroxylation is 1. The highest BCUT2D eigenvalue weighted by Crippen LogP contribution is 2.25. The molecule has 126 valence electrons. The van der Waals surface area contributed by atoms with Gasteiger partial charge in [-0.2, -0.15) is 0 Å². The van der Waals surface area contributed by atoms with E-state index in [4.69, 9.17) is 0 Å². The predicted octanol–water partition coefficient (Wildman–Crippen LogP) is 4.01. The lowest BCUT2D eigenvalue weighted by Gasteiger charge is -2.24. The van der Waals surface area contributed by atoms with Crippen LogP contribution in [0.4, 0.5) is 0 Å². The molecule has 0 unspecified atom stereocenters. The third-order valence-corrected chi connectivity index (χ3v) is 4.89. The number of benzene rings is 1. The summed E-state index contributed by atoms with van der Waals surface area (Å²) in [6.07, 6.45) is 7.55. The van der Waals surface area contributed by atoms with Crippen molar-refractivity contribution in [3.8, 4) is 0 Å². The van der Waals surface area contributed by atoms with Crippen molar-refractivity contribution in [2.75, 3.05) is 13.1 Å². The Morgan fingerprint density at radius 1 is 1.04 bits per heavy atom. The van der Waals surface area contributed by atoms with Gasteiger partial charge in [0.1, 0.15) is 5.78 Å². The highest BCUT2D eigenvalue weighted by atomic mass is 16.2. The first-order valence-electron chi connectivity index (χ1n) is 9.05. The molecule has 0 aliphatic heterocycles. The molecule has 0 atom stereocenters. The lowest BCUT2D eigenvalue weighted by molar-refractivity contribution is -0.132. The van der Waals surface area contributed by atoms with Crippen molar-refractivity contribution in [1.82, 2.24) is 4.90 Å². The van der Waals surface area contributed by atoms with E-state index in [1.165, 1.54) is 24.8 Å². The summed E-state index contributed by atoms with van der Waals surface area (Å²) in [7, 11) is 0. The first-order valence-corrected chi connectivity index (χ1v) is 9.05. The van der Waals surface area contributed by atoms with Crippen molar-refractivity contribution in [1.29, 1.82) is 0 Å². The van der Waals surface area contributed by atoms with Gasteiger partial charge in [0, 0.05) is 31.8 Å². The Morgan fingerprint density at radius 2 is 1.74 bits per heavy atom. The Morgan fingerprint density at radius 3 is 2.39 bits per heavy atom. The van der Waals surface area contributed by atoms with Gasteiger partial charge >= 0.3 is 0 Å². The standard InChI is InChI=1S/C20H29NO2/c1-2-21(16-15-19(22)18-11-7-4-8-12-18)20(23)14-13-17-9-5-3-6-10-17/h3,5-6,9-10,18H,2,4,7-8,11-16H2,1H3. The number of carbonyl (C=O) groups excluding carboxylic acids is 2. The van der Waals surface area contributed by atoms with Crippen molar-refractivity contribution < 1.29 is 9.59 Å². The van der Waals surface area contributed by atoms with E-state index in [-0.39, 0.29) is 11.8 Å². The summed E-state index contributed by atoms with van der Waals surface area (Å²) < 4.78 is 0. The maximum Gasteiger partial charge on any atom is 0.222 e. The zero-order chi connectivity index (χ0) is 16.5. The second kappa shape index (κ2) is 9.49. The van der Waals surface area contributed by atoms with E-state index >= 15 is 0 Å². The molecule has 0 aromatic heterocycles. The fourth-order valence-electron chi connectivity index (χ4n) is 3.39. The lowest BCUT2D eigenvalue weighted by Crippen LogP contribution is -2.34. The summed E-state index contributed by atoms with van der Waals surface area (Å²) in [5.41, 5.74) is 1.19. The number of carbonyl (C=O) groups is 2. The summed E-state index contributed by atoms with van der Waals surface area (Å²) >= 11 is 0. The third-order valence-electron chi connectivity index (χ3n) is 4.89. The molecule has 1 aliphatic rings. The molecule has 1 saturated carbocycles. The van der Waals surface area contributed by atoms with Crippen molar-refractivity contribution in [3.05, 3.63) is 35.9 Å². The first kappa shape index (κ1) is 17.7. The SMILES string of the molecule is CCN(CCC(=O)C1CCCCC1)C(=O)CCc1ccccc1. The minimum absolute atomic E-state index is 0.160. The topological polar surface area (TPSA) is 37.4 Å². The normalized spacial score (nSPS) is 15.3. The monoisotopic (exact) mass is 315 g/mol. The number of amides is 1. The van der Waals surface area contributed by atoms with E-state index in [1.54, 1.807) is 0 Å². The number of nitrogens with zero attached hydrogens (tertiary/aromatic N) is 1. The van der Waals surface area contributed by atoms with Gasteiger partial charge in [-0.25, -0.2) is 0 Å². The number of hydrogen-bond acceptors (Lipinski definition) is 2. The number of ketones is 1. The molecule has 0 N–H and O–H groups in total. The van der Waals surface area contributed by atoms with Crippen LogP contribution in [0.5, 0.6) is 0 Å². The van der Waals surface area contributed by atoms with Gasteiger partial charge in [-0.1, -0.05) is 49.6 Å². The molecular weight excluding hydrogens is 286 g/mol. The van der Waals surface area contributed by atoms with Crippen LogP contribution in [0, 0.1) is 5.92 Å². The highest BCUT2D eigenvalue weighted by Gasteiger charge is 2.22. The smallest absolute Gasteiger partial charge is 0.222 e. The lowest BCUT2D eigenvalue weighted by atomic mass is 9.85. The molecule has 1 amide bonds. The number of hydrogen-bond donors (Lipinski definition) is 0. The predicted molar refractivity (Wildman–Crippen MR) is 93.2 cm³/mol. The van der Waals surface area contributed by atoms with Crippen LogP contribution < -0.4 is 0 Å². The van der Waals surface area contributed by atoms with Crippen LogP contribution in [0.2, 0.25) is 0 Å². The summed E-state index contributed by atoms with van der Waals surface area (Å²) in [5, 5.41) is 0. The second-order valence-electron chi connectivity index (χ2n) is 6.51. The molecule has 0 radical (unpaired) electrons. The van der Waals surface area contributed by atoms with E-state index in [0.717, 1.165) is 19.3 Å². The van der Waals surface area contributed by atoms with Gasteiger partial charge in [0.15, 0.2) is 0 Å². The molecule has 3 heteroatoms. The number of rotatable bonds is 8. The molecule has 0 bridgehead atoms. The summed E-state index contributed by atoms with van der Waals surface area (Å²) in [5.74, 6) is 0.772. The first-order chi connectivity index (χ1) is 11.2. The van der Waals surface area contributed by atoms with Gasteiger partial charge in [0.05, 0.1) is 0 Å². The van der Waals surface area contributed by atoms with Gasteiger partial charge in [-0.05, 0) is 31.7 Å². The van der Waals surface area contributed by atoms with E-state index in [2.05, 4.69) is 12.1 Å². The molecule has 1 aliphatic carbocycles. The highest BCUT2D eigenvalue weighted by molar-refractivity contribution is 5.82. The van der Waals surface area contributed by atoms with E-state index in [0.29, 0.717) is 31.7 Å². The maximum absolute atomic E-state index is 12.4. The fraction of sp³-hybridized carbons (Fsp3) is 0.600. The van der Waals surface area contributed by atoms with Crippen LogP contribution in [0.3, 0.4) is 0 Å². The van der Waals surface area contributed by atoms with Gasteiger partial charge in [-0.15, -0.1) is 0 Å². The second-order valence-corrected chi connectivity index (χ2v) is 6.51. The van der Waals surface area contributed by atoms with E-state index < -0.39 is 0 Å². The number of Topliss-reactive ketones (excluding diaryl/α,β-unsaturated/α-hetero) is 1. The van der Waals surface area contributed by atoms with Gasteiger partial charge in [-0.3, -0.25) is 9.59 Å². The van der Waals surface area contributed by atoms with Crippen LogP contribution in [0.15, 0.2) is 30.3 Å². The van der Waals surface area contributed by atoms with Crippen molar-refractivity contribution in [2.45, 2.75) is 58.3 Å². The van der Waals surface area contributed by atoms with Crippen LogP contribution in [0.25, 0.3) is 0 Å². The Hall–Kier alpha value is -1.64. The molecule has 0 heterocycles. The molecule has 0 saturated heterocycles. The third kappa shape index (κ3) is 5.81. The van der Waals surface area contributed by atoms with Gasteiger partial charge in [0.2, 0.25) is 5.91 Å². The minimum atomic E-state index is 0.160. The molecule has 23 heavy (non-hydrogen) atoms. The van der Waals surface area contributed by atoms with E-state index in [1.807, 2.05) is 30.0 Å². The zero-order valence-corrected chi connectivity index (χ0v) is 14.3. The summed E-state index contributed by atoms with van der Waals surface area (Å²) in [6.45, 7) is 3.26. The summed E-state index contributed by atoms with van der Waals surface area (Å²) in [4.78, 5) is 26.5. The van der Waals surface area contributed by atoms with Crippen molar-refractivity contribution in [3.63, 3.8) is 0 Å². The van der Waals surface area contributed by atoms with Gasteiger partial charge in [0.25, 0.3) is 0 Å². The Kier molecular flexibility index (Phi) is 7.31. The molecule has 3 nitrogen and oxygen atoms in total. The molecule has 1 fully saturated rings. The molecule has 1 aromatic carbocycles. The quantitative estimate of drug-likeness (QED) is 0.727. The Bertz CT molecular complexity index is 492. The van der Waals surface area contributed by atoms with Crippen LogP contribution >= 0.6 is 0 Å². The largest absolute Gasteiger partial charge is 0.343 e. The Balaban J connectivity index is 1.74. The molecular formula is C20H29NO2. The zero-order valence-electron chi connectivity index (χ0n) is 14.3. The van der Waals surface area contributed by atoms with Crippen molar-refractivity contribution >= 4 is 11.7 Å². The van der Waals surface area contributed by atoms with Crippen LogP contribution in [-0.4, -0.2) is 29.7 Å². The van der Waals surface area contributed by atoms with E-state index in [9.17, 15) is 9.59 Å². The average molecular weight is 315 g/mol. The summed E-state index contributed by atoms with van der Waals surface area (Å²) in [6, 6.07) is 10.1. The Labute approximate surface area is 140 Å². The fourth-order valence-corrected chi connectivity index (χ4v) is 3.39. The molecule has 0 spiro atoms. The van der Waals surface area contributed by atoms with Crippen LogP contribution in [0.1, 0.15) is 57.4 Å². The molecule has 1 aromatic rings. The minimum Gasteiger partial charge on any atom is -0.343 e. The maximum atomic E-state index is 12.4. The average Bonchev–Trinajstić information content (AvgIpc) is 2.62.